The van der Waals surface area contributed by atoms with Crippen LogP contribution in [-0.2, 0) is 0 Å². The molecule has 0 amide bonds. The summed E-state index contributed by atoms with van der Waals surface area (Å²) in [4.78, 5) is 6.91. The van der Waals surface area contributed by atoms with Gasteiger partial charge in [0.1, 0.15) is 17.6 Å². The van der Waals surface area contributed by atoms with Gasteiger partial charge in [-0.1, -0.05) is 13.0 Å². The van der Waals surface area contributed by atoms with Crippen LogP contribution >= 0.6 is 0 Å². The molecule has 6 heteroatoms. The third kappa shape index (κ3) is 6.41. The highest BCUT2D eigenvalue weighted by Gasteiger charge is 2.20. The zero-order valence-electron chi connectivity index (χ0n) is 16.6. The smallest absolute Gasteiger partial charge is 0.191 e. The number of aliphatic imine (C=N–C) groups is 1. The van der Waals surface area contributed by atoms with Gasteiger partial charge in [-0.15, -0.1) is 0 Å². The summed E-state index contributed by atoms with van der Waals surface area (Å²) in [5, 5.41) is 6.81. The number of nitrogens with one attached hydrogen (secondary N) is 2. The number of hydrogen-bond donors (Lipinski definition) is 2. The molecule has 6 nitrogen and oxygen atoms in total. The van der Waals surface area contributed by atoms with Crippen LogP contribution in [0.1, 0.15) is 33.1 Å². The molecule has 1 aliphatic heterocycles. The molecule has 0 aromatic heterocycles. The van der Waals surface area contributed by atoms with Gasteiger partial charge in [0, 0.05) is 25.7 Å². The molecule has 0 aliphatic carbocycles. The van der Waals surface area contributed by atoms with Gasteiger partial charge in [0.05, 0.1) is 13.7 Å². The van der Waals surface area contributed by atoms with E-state index in [1.54, 1.807) is 14.2 Å². The quantitative estimate of drug-likeness (QED) is 0.522. The van der Waals surface area contributed by atoms with Gasteiger partial charge < -0.3 is 20.1 Å². The fraction of sp³-hybridized carbons (Fsp3) is 0.650. The Morgan fingerprint density at radius 2 is 1.88 bits per heavy atom. The molecular formula is C20H34N4O2. The lowest BCUT2D eigenvalue weighted by Gasteiger charge is -2.27. The van der Waals surface area contributed by atoms with Crippen LogP contribution < -0.4 is 20.1 Å². The van der Waals surface area contributed by atoms with Crippen LogP contribution in [0, 0.1) is 0 Å². The maximum Gasteiger partial charge on any atom is 0.191 e. The second-order valence-corrected chi connectivity index (χ2v) is 6.75. The normalized spacial score (nSPS) is 17.6. The first kappa shape index (κ1) is 20.4. The van der Waals surface area contributed by atoms with Crippen molar-refractivity contribution in [2.75, 3.05) is 40.3 Å². The maximum absolute atomic E-state index is 5.95. The van der Waals surface area contributed by atoms with Crippen molar-refractivity contribution in [2.45, 2.75) is 45.3 Å². The molecule has 26 heavy (non-hydrogen) atoms. The maximum atomic E-state index is 5.95. The van der Waals surface area contributed by atoms with Gasteiger partial charge in [-0.05, 0) is 51.4 Å². The minimum absolute atomic E-state index is 0.0150. The van der Waals surface area contributed by atoms with Gasteiger partial charge >= 0.3 is 0 Å². The highest BCUT2D eigenvalue weighted by atomic mass is 16.5. The largest absolute Gasteiger partial charge is 0.497 e. The average Bonchev–Trinajstić information content (AvgIpc) is 3.19. The molecule has 2 N–H and O–H groups in total. The Balaban J connectivity index is 1.74. The molecule has 1 heterocycles. The Labute approximate surface area is 158 Å². The number of benzene rings is 1. The molecule has 2 atom stereocenters. The molecule has 0 bridgehead atoms. The fourth-order valence-electron chi connectivity index (χ4n) is 3.26. The minimum Gasteiger partial charge on any atom is -0.497 e. The van der Waals surface area contributed by atoms with Crippen LogP contribution in [0.5, 0.6) is 11.5 Å². The molecule has 0 spiro atoms. The van der Waals surface area contributed by atoms with E-state index in [0.717, 1.165) is 30.4 Å². The predicted octanol–water partition coefficient (Wildman–Crippen LogP) is 2.50. The third-order valence-corrected chi connectivity index (χ3v) is 4.79. The van der Waals surface area contributed by atoms with Gasteiger partial charge in [0.25, 0.3) is 0 Å². The molecule has 2 unspecified atom stereocenters. The summed E-state index contributed by atoms with van der Waals surface area (Å²) < 4.78 is 11.2. The first-order chi connectivity index (χ1) is 12.7. The molecule has 1 fully saturated rings. The van der Waals surface area contributed by atoms with E-state index in [2.05, 4.69) is 27.4 Å². The van der Waals surface area contributed by atoms with E-state index in [-0.39, 0.29) is 6.10 Å². The van der Waals surface area contributed by atoms with E-state index in [0.29, 0.717) is 12.6 Å². The van der Waals surface area contributed by atoms with Crippen molar-refractivity contribution in [1.82, 2.24) is 15.5 Å². The van der Waals surface area contributed by atoms with Crippen LogP contribution in [0.3, 0.4) is 0 Å². The third-order valence-electron chi connectivity index (χ3n) is 4.79. The summed E-state index contributed by atoms with van der Waals surface area (Å²) in [5.41, 5.74) is 0. The topological polar surface area (TPSA) is 58.1 Å². The van der Waals surface area contributed by atoms with E-state index < -0.39 is 0 Å². The number of rotatable bonds is 9. The van der Waals surface area contributed by atoms with Gasteiger partial charge in [0.2, 0.25) is 0 Å². The van der Waals surface area contributed by atoms with Crippen molar-refractivity contribution >= 4 is 5.96 Å². The summed E-state index contributed by atoms with van der Waals surface area (Å²) >= 11 is 0. The lowest BCUT2D eigenvalue weighted by atomic mass is 10.2. The molecule has 1 saturated heterocycles. The highest BCUT2D eigenvalue weighted by Crippen LogP contribution is 2.19. The van der Waals surface area contributed by atoms with Gasteiger partial charge in [-0.3, -0.25) is 9.89 Å². The summed E-state index contributed by atoms with van der Waals surface area (Å²) in [5.74, 6) is 2.43. The van der Waals surface area contributed by atoms with E-state index in [1.165, 1.54) is 25.9 Å². The Morgan fingerprint density at radius 1 is 1.19 bits per heavy atom. The van der Waals surface area contributed by atoms with Crippen LogP contribution in [0.25, 0.3) is 0 Å². The molecule has 146 valence electrons. The van der Waals surface area contributed by atoms with Crippen molar-refractivity contribution in [3.05, 3.63) is 24.3 Å². The number of guanidine groups is 1. The van der Waals surface area contributed by atoms with Crippen molar-refractivity contribution in [1.29, 1.82) is 0 Å². The lowest BCUT2D eigenvalue weighted by Crippen LogP contribution is -2.47. The molecule has 1 aliphatic rings. The van der Waals surface area contributed by atoms with Crippen LogP contribution in [0.15, 0.2) is 29.3 Å². The Morgan fingerprint density at radius 3 is 2.54 bits per heavy atom. The average molecular weight is 363 g/mol. The Kier molecular flexibility index (Phi) is 8.54. The van der Waals surface area contributed by atoms with Crippen molar-refractivity contribution in [3.8, 4) is 11.5 Å². The predicted molar refractivity (Wildman–Crippen MR) is 107 cm³/mol. The monoisotopic (exact) mass is 362 g/mol. The van der Waals surface area contributed by atoms with Crippen molar-refractivity contribution in [3.63, 3.8) is 0 Å². The number of ether oxygens (including phenoxy) is 2. The highest BCUT2D eigenvalue weighted by molar-refractivity contribution is 5.79. The zero-order valence-corrected chi connectivity index (χ0v) is 16.6. The van der Waals surface area contributed by atoms with E-state index >= 15 is 0 Å². The standard InChI is InChI=1S/C20H34N4O2/c1-5-17(24-11-6-7-12-24)15-23-20(21-3)22-14-16(2)26-19-10-8-9-18(13-19)25-4/h8-10,13,16-17H,5-7,11-12,14-15H2,1-4H3,(H2,21,22,23). The Hall–Kier alpha value is -1.95. The molecule has 1 aromatic carbocycles. The van der Waals surface area contributed by atoms with E-state index in [9.17, 15) is 0 Å². The second kappa shape index (κ2) is 10.9. The number of likely N-dealkylation sites (tertiary alicyclic amines) is 1. The molecule has 2 rings (SSSR count). The van der Waals surface area contributed by atoms with Crippen LogP contribution in [0.2, 0.25) is 0 Å². The van der Waals surface area contributed by atoms with Crippen LogP contribution in [-0.4, -0.2) is 63.3 Å². The SMILES string of the molecule is CCC(CNC(=NC)NCC(C)Oc1cccc(OC)c1)N1CCCC1. The van der Waals surface area contributed by atoms with Gasteiger partial charge in [-0.25, -0.2) is 0 Å². The lowest BCUT2D eigenvalue weighted by molar-refractivity contribution is 0.221. The summed E-state index contributed by atoms with van der Waals surface area (Å²) in [6.45, 7) is 8.33. The number of methoxy groups -OCH3 is 1. The first-order valence-corrected chi connectivity index (χ1v) is 9.65. The summed E-state index contributed by atoms with van der Waals surface area (Å²) in [7, 11) is 3.46. The fourth-order valence-corrected chi connectivity index (χ4v) is 3.26. The minimum atomic E-state index is 0.0150. The van der Waals surface area contributed by atoms with Gasteiger partial charge in [-0.2, -0.15) is 0 Å². The molecule has 1 aromatic rings. The Bertz CT molecular complexity index is 558. The second-order valence-electron chi connectivity index (χ2n) is 6.75. The number of hydrogen-bond acceptors (Lipinski definition) is 4. The van der Waals surface area contributed by atoms with Crippen molar-refractivity contribution < 1.29 is 9.47 Å². The van der Waals surface area contributed by atoms with Gasteiger partial charge in [0.15, 0.2) is 5.96 Å². The molecular weight excluding hydrogens is 328 g/mol. The summed E-state index contributed by atoms with van der Waals surface area (Å²) in [6.07, 6.45) is 3.81. The van der Waals surface area contributed by atoms with Crippen molar-refractivity contribution in [2.24, 2.45) is 4.99 Å². The number of nitrogens with zero attached hydrogens (tertiary/aromatic N) is 2. The zero-order chi connectivity index (χ0) is 18.8. The molecule has 0 saturated carbocycles. The molecule has 0 radical (unpaired) electrons. The van der Waals surface area contributed by atoms with E-state index in [4.69, 9.17) is 9.47 Å². The first-order valence-electron chi connectivity index (χ1n) is 9.65. The summed E-state index contributed by atoms with van der Waals surface area (Å²) in [6, 6.07) is 8.24. The van der Waals surface area contributed by atoms with Crippen LogP contribution in [0.4, 0.5) is 0 Å². The van der Waals surface area contributed by atoms with E-state index in [1.807, 2.05) is 31.2 Å².